The van der Waals surface area contributed by atoms with Crippen LogP contribution >= 0.6 is 0 Å². The Hall–Kier alpha value is -1.72. The third kappa shape index (κ3) is 32.1. The van der Waals surface area contributed by atoms with Crippen molar-refractivity contribution in [3.05, 3.63) is 36.5 Å². The molecule has 8 unspecified atom stereocenters. The summed E-state index contributed by atoms with van der Waals surface area (Å²) in [5.41, 5.74) is 0. The van der Waals surface area contributed by atoms with E-state index >= 15 is 0 Å². The molecule has 376 valence electrons. The van der Waals surface area contributed by atoms with Gasteiger partial charge >= 0.3 is 10.4 Å². The van der Waals surface area contributed by atoms with Crippen molar-refractivity contribution in [2.45, 2.75) is 262 Å². The van der Waals surface area contributed by atoms with Crippen molar-refractivity contribution in [3.63, 3.8) is 0 Å². The third-order valence-corrected chi connectivity index (χ3v) is 12.5. The lowest BCUT2D eigenvalue weighted by molar-refractivity contribution is -0.298. The molecule has 1 saturated heterocycles. The van der Waals surface area contributed by atoms with Crippen LogP contribution < -0.4 is 5.32 Å². The van der Waals surface area contributed by atoms with E-state index in [4.69, 9.17) is 9.47 Å². The normalized spacial score (nSPS) is 21.0. The topological polar surface area (TPSA) is 212 Å². The van der Waals surface area contributed by atoms with Crippen molar-refractivity contribution in [1.82, 2.24) is 5.32 Å². The van der Waals surface area contributed by atoms with Crippen LogP contribution in [0.25, 0.3) is 0 Å². The minimum absolute atomic E-state index is 0.231. The van der Waals surface area contributed by atoms with Gasteiger partial charge in [0.25, 0.3) is 0 Å². The van der Waals surface area contributed by atoms with Gasteiger partial charge in [0, 0.05) is 0 Å². The van der Waals surface area contributed by atoms with E-state index < -0.39 is 78.5 Å². The fraction of sp³-hybridized carbons (Fsp3) is 0.860. The summed E-state index contributed by atoms with van der Waals surface area (Å²) in [6.45, 7) is 3.20. The molecule has 0 aromatic heterocycles. The first kappa shape index (κ1) is 60.3. The quantitative estimate of drug-likeness (QED) is 0.0173. The molecule has 0 aromatic carbocycles. The van der Waals surface area contributed by atoms with Gasteiger partial charge in [-0.2, -0.15) is 8.42 Å². The number of carbonyl (C=O) groups is 1. The summed E-state index contributed by atoms with van der Waals surface area (Å²) in [5, 5.41) is 55.3. The van der Waals surface area contributed by atoms with E-state index in [2.05, 4.69) is 47.7 Å². The van der Waals surface area contributed by atoms with Crippen molar-refractivity contribution in [3.8, 4) is 0 Å². The van der Waals surface area contributed by atoms with Crippen LogP contribution in [0.15, 0.2) is 36.5 Å². The summed E-state index contributed by atoms with van der Waals surface area (Å²) in [4.78, 5) is 13.1. The molecule has 13 nitrogen and oxygen atoms in total. The Morgan fingerprint density at radius 3 is 1.56 bits per heavy atom. The molecule has 64 heavy (non-hydrogen) atoms. The molecule has 0 saturated carbocycles. The van der Waals surface area contributed by atoms with Crippen LogP contribution in [0.3, 0.4) is 0 Å². The Morgan fingerprint density at radius 1 is 0.641 bits per heavy atom. The highest BCUT2D eigenvalue weighted by atomic mass is 32.3. The highest BCUT2D eigenvalue weighted by Gasteiger charge is 2.48. The van der Waals surface area contributed by atoms with Crippen molar-refractivity contribution >= 4 is 16.3 Å². The number of nitrogens with one attached hydrogen (secondary N) is 1. The largest absolute Gasteiger partial charge is 0.397 e. The van der Waals surface area contributed by atoms with E-state index in [0.29, 0.717) is 12.8 Å². The summed E-state index contributed by atoms with van der Waals surface area (Å²) in [6, 6.07) is -1.12. The number of amides is 1. The molecule has 0 aliphatic carbocycles. The smallest absolute Gasteiger partial charge is 0.394 e. The van der Waals surface area contributed by atoms with Crippen molar-refractivity contribution < 1.29 is 57.0 Å². The number of aliphatic hydroxyl groups excluding tert-OH is 5. The van der Waals surface area contributed by atoms with E-state index in [-0.39, 0.29) is 6.42 Å². The maximum Gasteiger partial charge on any atom is 0.397 e. The van der Waals surface area contributed by atoms with Gasteiger partial charge in [-0.3, -0.25) is 9.35 Å². The molecule has 1 heterocycles. The summed E-state index contributed by atoms with van der Waals surface area (Å²) in [6.07, 6.45) is 36.4. The van der Waals surface area contributed by atoms with Gasteiger partial charge in [0.05, 0.1) is 25.4 Å². The van der Waals surface area contributed by atoms with E-state index in [1.165, 1.54) is 115 Å². The van der Waals surface area contributed by atoms with E-state index in [1.54, 1.807) is 0 Å². The van der Waals surface area contributed by atoms with Crippen LogP contribution in [0.5, 0.6) is 0 Å². The Bertz CT molecular complexity index is 1300. The predicted molar refractivity (Wildman–Crippen MR) is 256 cm³/mol. The van der Waals surface area contributed by atoms with Crippen LogP contribution in [0.1, 0.15) is 213 Å². The fourth-order valence-corrected chi connectivity index (χ4v) is 8.47. The first-order chi connectivity index (χ1) is 30.9. The molecule has 0 aromatic rings. The molecule has 7 N–H and O–H groups in total. The Kier molecular flexibility index (Phi) is 38.0. The second-order valence-electron chi connectivity index (χ2n) is 17.9. The SMILES string of the molecule is CCCCC/C=C\C/C=C\CCCCCCCCC(O)C(=O)NC(COC1OC(CO)C(O)C(OS(=O)(=O)O)C1O)C(O)/C=C/CCCCCCCCCCCCCCCCCCC. The number of carbonyl (C=O) groups excluding carboxylic acids is 1. The summed E-state index contributed by atoms with van der Waals surface area (Å²) < 4.78 is 47.6. The van der Waals surface area contributed by atoms with E-state index in [0.717, 1.165) is 70.6 Å². The van der Waals surface area contributed by atoms with Crippen LogP contribution in [-0.4, -0.2) is 107 Å². The fourth-order valence-electron chi connectivity index (χ4n) is 7.96. The molecule has 1 fully saturated rings. The van der Waals surface area contributed by atoms with Gasteiger partial charge < -0.3 is 40.3 Å². The lowest BCUT2D eigenvalue weighted by Gasteiger charge is -2.41. The Labute approximate surface area is 388 Å². The molecule has 0 bridgehead atoms. The molecule has 14 heteroatoms. The molecule has 1 amide bonds. The zero-order chi connectivity index (χ0) is 47.1. The predicted octanol–water partition coefficient (Wildman–Crippen LogP) is 9.64. The van der Waals surface area contributed by atoms with Crippen LogP contribution in [0, 0.1) is 0 Å². The highest BCUT2D eigenvalue weighted by Crippen LogP contribution is 2.26. The van der Waals surface area contributed by atoms with Gasteiger partial charge in [0.1, 0.15) is 30.5 Å². The number of hydrogen-bond acceptors (Lipinski definition) is 11. The maximum atomic E-state index is 13.1. The van der Waals surface area contributed by atoms with Gasteiger partial charge in [-0.25, -0.2) is 4.18 Å². The third-order valence-electron chi connectivity index (χ3n) is 12.0. The van der Waals surface area contributed by atoms with Crippen LogP contribution in [0.2, 0.25) is 0 Å². The molecular formula is C50H93NO12S. The Morgan fingerprint density at radius 2 is 1.08 bits per heavy atom. The number of hydrogen-bond donors (Lipinski definition) is 7. The van der Waals surface area contributed by atoms with Gasteiger partial charge in [-0.15, -0.1) is 0 Å². The van der Waals surface area contributed by atoms with Gasteiger partial charge in [0.2, 0.25) is 5.91 Å². The minimum atomic E-state index is -5.12. The van der Waals surface area contributed by atoms with Crippen LogP contribution in [-0.2, 0) is 28.9 Å². The second kappa shape index (κ2) is 40.4. The molecule has 1 aliphatic heterocycles. The average Bonchev–Trinajstić information content (AvgIpc) is 3.27. The first-order valence-corrected chi connectivity index (χ1v) is 26.8. The maximum absolute atomic E-state index is 13.1. The minimum Gasteiger partial charge on any atom is -0.394 e. The number of ether oxygens (including phenoxy) is 2. The molecule has 0 spiro atoms. The lowest BCUT2D eigenvalue weighted by Crippen LogP contribution is -2.61. The van der Waals surface area contributed by atoms with Crippen LogP contribution in [0.4, 0.5) is 0 Å². The number of unbranched alkanes of at least 4 members (excludes halogenated alkanes) is 26. The lowest BCUT2D eigenvalue weighted by atomic mass is 9.99. The van der Waals surface area contributed by atoms with Gasteiger partial charge in [-0.1, -0.05) is 198 Å². The highest BCUT2D eigenvalue weighted by molar-refractivity contribution is 7.80. The number of allylic oxidation sites excluding steroid dienone is 5. The standard InChI is InChI=1S/C50H93NO12S/c1-3-5-7-9-11-13-15-17-19-21-22-23-25-26-28-30-32-34-36-38-43(53)42(41-61-50-47(56)48(63-64(58,59)60)46(55)45(40-52)62-50)51-49(57)44(54)39-37-35-33-31-29-27-24-20-18-16-14-12-10-8-6-4-2/h12,14,18,20,36,38,42-48,50,52-56H,3-11,13,15-17,19,21-35,37,39-41H2,1-2H3,(H,51,57)(H,58,59,60)/b14-12-,20-18-,38-36+. The zero-order valence-electron chi connectivity index (χ0n) is 40.0. The summed E-state index contributed by atoms with van der Waals surface area (Å²) in [7, 11) is -5.12. The first-order valence-electron chi connectivity index (χ1n) is 25.5. The molecule has 1 aliphatic rings. The number of rotatable bonds is 43. The molecule has 1 rings (SSSR count). The second-order valence-corrected chi connectivity index (χ2v) is 18.9. The van der Waals surface area contributed by atoms with Crippen molar-refractivity contribution in [2.75, 3.05) is 13.2 Å². The van der Waals surface area contributed by atoms with Crippen molar-refractivity contribution in [2.24, 2.45) is 0 Å². The summed E-state index contributed by atoms with van der Waals surface area (Å²) >= 11 is 0. The molecular weight excluding hydrogens is 839 g/mol. The van der Waals surface area contributed by atoms with E-state index in [9.17, 15) is 43.3 Å². The monoisotopic (exact) mass is 932 g/mol. The molecule has 8 atom stereocenters. The van der Waals surface area contributed by atoms with Gasteiger partial charge in [-0.05, 0) is 51.4 Å². The summed E-state index contributed by atoms with van der Waals surface area (Å²) in [5.74, 6) is -0.710. The zero-order valence-corrected chi connectivity index (χ0v) is 40.8. The number of aliphatic hydroxyl groups is 5. The van der Waals surface area contributed by atoms with E-state index in [1.807, 2.05) is 6.08 Å². The average molecular weight is 932 g/mol. The van der Waals surface area contributed by atoms with Gasteiger partial charge in [0.15, 0.2) is 6.29 Å². The van der Waals surface area contributed by atoms with Crippen molar-refractivity contribution in [1.29, 1.82) is 0 Å². The molecule has 0 radical (unpaired) electrons. The Balaban J connectivity index is 2.54.